The summed E-state index contributed by atoms with van der Waals surface area (Å²) in [6.45, 7) is 0. The minimum atomic E-state index is -0.251. The highest BCUT2D eigenvalue weighted by molar-refractivity contribution is 5.85. The largest absolute Gasteiger partial charge is 0.346 e. The van der Waals surface area contributed by atoms with Crippen LogP contribution in [0.15, 0.2) is 24.3 Å². The van der Waals surface area contributed by atoms with Gasteiger partial charge in [0.25, 0.3) is 0 Å². The zero-order valence-electron chi connectivity index (χ0n) is 13.8. The highest BCUT2D eigenvalue weighted by Gasteiger charge is 2.48. The predicted molar refractivity (Wildman–Crippen MR) is 94.2 cm³/mol. The van der Waals surface area contributed by atoms with Gasteiger partial charge in [-0.15, -0.1) is 12.4 Å². The second-order valence-corrected chi connectivity index (χ2v) is 7.77. The SMILES string of the molecule is Cl.NC1C2CCCC1CC(C(=O)NC1(c3ccc(F)cc3)CC1)C2. The smallest absolute Gasteiger partial charge is 0.223 e. The molecule has 24 heavy (non-hydrogen) atoms. The lowest BCUT2D eigenvalue weighted by molar-refractivity contribution is -0.129. The first-order valence-corrected chi connectivity index (χ1v) is 8.91. The summed E-state index contributed by atoms with van der Waals surface area (Å²) >= 11 is 0. The number of carbonyl (C=O) groups excluding carboxylic acids is 1. The van der Waals surface area contributed by atoms with Crippen molar-refractivity contribution in [2.45, 2.75) is 56.5 Å². The van der Waals surface area contributed by atoms with E-state index in [1.54, 1.807) is 12.1 Å². The maximum absolute atomic E-state index is 13.1. The van der Waals surface area contributed by atoms with E-state index >= 15 is 0 Å². The van der Waals surface area contributed by atoms with E-state index in [2.05, 4.69) is 5.32 Å². The van der Waals surface area contributed by atoms with Gasteiger partial charge in [0, 0.05) is 12.0 Å². The summed E-state index contributed by atoms with van der Waals surface area (Å²) in [4.78, 5) is 12.8. The number of hydrogen-bond donors (Lipinski definition) is 2. The summed E-state index contributed by atoms with van der Waals surface area (Å²) in [5.74, 6) is 1.07. The molecular weight excluding hydrogens is 327 g/mol. The van der Waals surface area contributed by atoms with Gasteiger partial charge in [0.2, 0.25) is 5.91 Å². The molecule has 0 spiro atoms. The molecular formula is C19H26ClFN2O. The molecule has 0 aromatic heterocycles. The second-order valence-electron chi connectivity index (χ2n) is 7.77. The first-order valence-electron chi connectivity index (χ1n) is 8.91. The van der Waals surface area contributed by atoms with E-state index in [0.717, 1.165) is 31.2 Å². The van der Waals surface area contributed by atoms with Crippen LogP contribution < -0.4 is 11.1 Å². The topological polar surface area (TPSA) is 55.1 Å². The van der Waals surface area contributed by atoms with Crippen molar-refractivity contribution in [2.24, 2.45) is 23.5 Å². The Morgan fingerprint density at radius 1 is 1.12 bits per heavy atom. The molecule has 3 aliphatic rings. The lowest BCUT2D eigenvalue weighted by Crippen LogP contribution is -2.50. The molecule has 1 amide bonds. The van der Waals surface area contributed by atoms with Gasteiger partial charge in [-0.3, -0.25) is 4.79 Å². The number of halogens is 2. The Kier molecular flexibility index (Phi) is 4.89. The molecule has 0 heterocycles. The Hall–Kier alpha value is -1.13. The van der Waals surface area contributed by atoms with Crippen molar-refractivity contribution in [3.63, 3.8) is 0 Å². The van der Waals surface area contributed by atoms with Crippen LogP contribution in [0, 0.1) is 23.6 Å². The Balaban J connectivity index is 0.00000169. The summed E-state index contributed by atoms with van der Waals surface area (Å²) in [6, 6.07) is 6.85. The normalized spacial score (nSPS) is 33.2. The van der Waals surface area contributed by atoms with Crippen LogP contribution >= 0.6 is 12.4 Å². The summed E-state index contributed by atoms with van der Waals surface area (Å²) in [7, 11) is 0. The third kappa shape index (κ3) is 3.18. The molecule has 5 heteroatoms. The minimum absolute atomic E-state index is 0. The van der Waals surface area contributed by atoms with Crippen LogP contribution in [0.4, 0.5) is 4.39 Å². The highest BCUT2D eigenvalue weighted by atomic mass is 35.5. The van der Waals surface area contributed by atoms with Crippen molar-refractivity contribution >= 4 is 18.3 Å². The fraction of sp³-hybridized carbons (Fsp3) is 0.632. The fourth-order valence-corrected chi connectivity index (χ4v) is 4.72. The van der Waals surface area contributed by atoms with Crippen molar-refractivity contribution in [3.8, 4) is 0 Å². The van der Waals surface area contributed by atoms with Gasteiger partial charge in [0.05, 0.1) is 5.54 Å². The molecule has 3 nitrogen and oxygen atoms in total. The Bertz CT molecular complexity index is 588. The van der Waals surface area contributed by atoms with Crippen LogP contribution in [0.5, 0.6) is 0 Å². The summed E-state index contributed by atoms with van der Waals surface area (Å²) in [5, 5.41) is 3.27. The highest BCUT2D eigenvalue weighted by Crippen LogP contribution is 2.47. The van der Waals surface area contributed by atoms with Gasteiger partial charge in [-0.05, 0) is 68.1 Å². The molecule has 2 bridgehead atoms. The first kappa shape index (κ1) is 17.7. The van der Waals surface area contributed by atoms with Crippen LogP contribution in [-0.2, 0) is 10.3 Å². The third-order valence-electron chi connectivity index (χ3n) is 6.29. The molecule has 132 valence electrons. The fourth-order valence-electron chi connectivity index (χ4n) is 4.72. The van der Waals surface area contributed by atoms with E-state index in [0.29, 0.717) is 17.9 Å². The molecule has 2 atom stereocenters. The number of fused-ring (bicyclic) bond motifs is 2. The van der Waals surface area contributed by atoms with Gasteiger partial charge in [0.1, 0.15) is 5.82 Å². The Labute approximate surface area is 149 Å². The van der Waals surface area contributed by atoms with Gasteiger partial charge in [-0.1, -0.05) is 18.6 Å². The lowest BCUT2D eigenvalue weighted by atomic mass is 9.65. The predicted octanol–water partition coefficient (Wildman–Crippen LogP) is 3.51. The molecule has 1 aromatic rings. The molecule has 2 unspecified atom stereocenters. The van der Waals surface area contributed by atoms with E-state index in [4.69, 9.17) is 5.73 Å². The number of rotatable bonds is 3. The van der Waals surface area contributed by atoms with Crippen molar-refractivity contribution in [3.05, 3.63) is 35.6 Å². The molecule has 3 N–H and O–H groups in total. The van der Waals surface area contributed by atoms with Gasteiger partial charge < -0.3 is 11.1 Å². The van der Waals surface area contributed by atoms with Gasteiger partial charge in [-0.25, -0.2) is 4.39 Å². The van der Waals surface area contributed by atoms with Crippen LogP contribution in [0.25, 0.3) is 0 Å². The summed E-state index contributed by atoms with van der Waals surface area (Å²) in [5.41, 5.74) is 7.10. The summed E-state index contributed by atoms with van der Waals surface area (Å²) in [6.07, 6.45) is 7.37. The van der Waals surface area contributed by atoms with Gasteiger partial charge in [-0.2, -0.15) is 0 Å². The zero-order chi connectivity index (χ0) is 16.0. The Morgan fingerprint density at radius 2 is 1.71 bits per heavy atom. The van der Waals surface area contributed by atoms with Crippen LogP contribution in [-0.4, -0.2) is 11.9 Å². The molecule has 0 radical (unpaired) electrons. The van der Waals surface area contributed by atoms with Crippen molar-refractivity contribution in [1.29, 1.82) is 0 Å². The van der Waals surface area contributed by atoms with Crippen LogP contribution in [0.2, 0.25) is 0 Å². The van der Waals surface area contributed by atoms with Crippen LogP contribution in [0.1, 0.15) is 50.5 Å². The number of benzene rings is 1. The quantitative estimate of drug-likeness (QED) is 0.874. The molecule has 1 aromatic carbocycles. The van der Waals surface area contributed by atoms with E-state index in [-0.39, 0.29) is 35.6 Å². The summed E-state index contributed by atoms with van der Waals surface area (Å²) < 4.78 is 13.1. The average molecular weight is 353 g/mol. The minimum Gasteiger partial charge on any atom is -0.346 e. The lowest BCUT2D eigenvalue weighted by Gasteiger charge is -2.43. The average Bonchev–Trinajstić information content (AvgIpc) is 3.28. The van der Waals surface area contributed by atoms with E-state index in [1.807, 2.05) is 0 Å². The Morgan fingerprint density at radius 3 is 2.25 bits per heavy atom. The van der Waals surface area contributed by atoms with Gasteiger partial charge in [0.15, 0.2) is 0 Å². The number of nitrogens with one attached hydrogen (secondary N) is 1. The standard InChI is InChI=1S/C19H25FN2O.ClH/c20-16-6-4-15(5-7-16)19(8-9-19)22-18(23)14-10-12-2-1-3-13(11-14)17(12)21;/h4-7,12-14,17H,1-3,8-11,21H2,(H,22,23);1H. The van der Waals surface area contributed by atoms with Crippen molar-refractivity contribution in [2.75, 3.05) is 0 Å². The molecule has 0 aliphatic heterocycles. The zero-order valence-corrected chi connectivity index (χ0v) is 14.7. The molecule has 3 aliphatic carbocycles. The van der Waals surface area contributed by atoms with E-state index in [1.165, 1.54) is 31.4 Å². The van der Waals surface area contributed by atoms with E-state index < -0.39 is 0 Å². The molecule has 3 saturated carbocycles. The second kappa shape index (κ2) is 6.64. The third-order valence-corrected chi connectivity index (χ3v) is 6.29. The maximum Gasteiger partial charge on any atom is 0.223 e. The molecule has 3 fully saturated rings. The first-order chi connectivity index (χ1) is 11.1. The maximum atomic E-state index is 13.1. The van der Waals surface area contributed by atoms with E-state index in [9.17, 15) is 9.18 Å². The number of hydrogen-bond acceptors (Lipinski definition) is 2. The monoisotopic (exact) mass is 352 g/mol. The van der Waals surface area contributed by atoms with Gasteiger partial charge >= 0.3 is 0 Å². The van der Waals surface area contributed by atoms with Crippen LogP contribution in [0.3, 0.4) is 0 Å². The molecule has 4 rings (SSSR count). The van der Waals surface area contributed by atoms with Crippen molar-refractivity contribution < 1.29 is 9.18 Å². The number of amides is 1. The number of carbonyl (C=O) groups is 1. The number of nitrogens with two attached hydrogens (primary N) is 1. The molecule has 0 saturated heterocycles. The van der Waals surface area contributed by atoms with Crippen molar-refractivity contribution in [1.82, 2.24) is 5.32 Å².